The predicted octanol–water partition coefficient (Wildman–Crippen LogP) is -1.70. The van der Waals surface area contributed by atoms with Gasteiger partial charge >= 0.3 is 0 Å². The summed E-state index contributed by atoms with van der Waals surface area (Å²) in [5.74, 6) is -0.315. The number of unbranched alkanes of at least 4 members (excludes halogenated alkanes) is 6. The molecule has 19 heteroatoms. The van der Waals surface area contributed by atoms with Crippen molar-refractivity contribution in [2.75, 3.05) is 26.4 Å². The quantitative estimate of drug-likeness (QED) is 0.0341. The Morgan fingerprint density at radius 3 is 1.60 bits per heavy atom. The summed E-state index contributed by atoms with van der Waals surface area (Å²) in [7, 11) is 0. The number of ether oxygens (including phenoxy) is 6. The van der Waals surface area contributed by atoms with Crippen LogP contribution in [0.3, 0.4) is 0 Å². The van der Waals surface area contributed by atoms with Gasteiger partial charge < -0.3 is 89.9 Å². The molecule has 3 heterocycles. The van der Waals surface area contributed by atoms with Crippen molar-refractivity contribution in [3.05, 3.63) is 36.5 Å². The molecule has 0 aromatic heterocycles. The first-order valence-corrected chi connectivity index (χ1v) is 21.2. The van der Waals surface area contributed by atoms with E-state index in [-0.39, 0.29) is 18.9 Å². The van der Waals surface area contributed by atoms with Crippen molar-refractivity contribution in [2.24, 2.45) is 0 Å². The Morgan fingerprint density at radius 2 is 1.07 bits per heavy atom. The summed E-state index contributed by atoms with van der Waals surface area (Å²) in [4.78, 5) is 12.9. The second kappa shape index (κ2) is 27.9. The van der Waals surface area contributed by atoms with Crippen LogP contribution in [0, 0.1) is 0 Å². The lowest BCUT2D eigenvalue weighted by Crippen LogP contribution is -2.66. The zero-order valence-corrected chi connectivity index (χ0v) is 34.7. The highest BCUT2D eigenvalue weighted by Gasteiger charge is 2.53. The molecule has 0 aromatic carbocycles. The van der Waals surface area contributed by atoms with Crippen LogP contribution in [0.2, 0.25) is 0 Å². The van der Waals surface area contributed by atoms with Crippen molar-refractivity contribution in [3.8, 4) is 0 Å². The summed E-state index contributed by atoms with van der Waals surface area (Å²) in [5, 5.41) is 118. The van der Waals surface area contributed by atoms with E-state index in [4.69, 9.17) is 28.4 Å². The fraction of sp³-hybridized carbons (Fsp3) is 0.829. The van der Waals surface area contributed by atoms with E-state index in [2.05, 4.69) is 43.5 Å². The number of hydrogen-bond acceptors (Lipinski definition) is 18. The first-order chi connectivity index (χ1) is 28.8. The maximum absolute atomic E-state index is 12.9. The molecule has 17 unspecified atom stereocenters. The minimum atomic E-state index is -1.98. The van der Waals surface area contributed by atoms with Gasteiger partial charge in [-0.15, -0.1) is 0 Å². The number of aliphatic hydroxyl groups excluding tert-OH is 11. The zero-order chi connectivity index (χ0) is 44.2. The Hall–Kier alpha value is -1.99. The van der Waals surface area contributed by atoms with Crippen molar-refractivity contribution in [2.45, 2.75) is 189 Å². The molecule has 348 valence electrons. The number of carbonyl (C=O) groups is 1. The highest BCUT2D eigenvalue weighted by atomic mass is 16.8. The fourth-order valence-electron chi connectivity index (χ4n) is 6.99. The Kier molecular flexibility index (Phi) is 24.4. The minimum Gasteiger partial charge on any atom is -0.394 e. The topological polar surface area (TPSA) is 307 Å². The van der Waals surface area contributed by atoms with Crippen LogP contribution in [0.5, 0.6) is 0 Å². The molecule has 12 N–H and O–H groups in total. The number of allylic oxidation sites excluding steroid dienone is 5. The van der Waals surface area contributed by atoms with Crippen LogP contribution < -0.4 is 5.32 Å². The third-order valence-corrected chi connectivity index (χ3v) is 10.7. The molecule has 0 spiro atoms. The molecule has 1 amide bonds. The molecule has 0 saturated carbocycles. The molecule has 60 heavy (non-hydrogen) atoms. The van der Waals surface area contributed by atoms with Crippen LogP contribution in [0.4, 0.5) is 0 Å². The highest BCUT2D eigenvalue weighted by Crippen LogP contribution is 2.32. The Bertz CT molecular complexity index is 1270. The molecule has 0 bridgehead atoms. The van der Waals surface area contributed by atoms with Crippen molar-refractivity contribution < 1.29 is 89.4 Å². The first kappa shape index (κ1) is 52.4. The smallest absolute Gasteiger partial charge is 0.220 e. The van der Waals surface area contributed by atoms with E-state index >= 15 is 0 Å². The van der Waals surface area contributed by atoms with Crippen LogP contribution >= 0.6 is 0 Å². The Balaban J connectivity index is 1.62. The van der Waals surface area contributed by atoms with Gasteiger partial charge in [-0.25, -0.2) is 0 Å². The zero-order valence-electron chi connectivity index (χ0n) is 34.7. The van der Waals surface area contributed by atoms with Crippen LogP contribution in [-0.2, 0) is 33.2 Å². The van der Waals surface area contributed by atoms with Gasteiger partial charge in [-0.1, -0.05) is 76.0 Å². The number of aliphatic hydroxyl groups is 11. The summed E-state index contributed by atoms with van der Waals surface area (Å²) < 4.78 is 33.8. The molecule has 3 fully saturated rings. The van der Waals surface area contributed by atoms with Crippen LogP contribution in [-0.4, -0.2) is 193 Å². The van der Waals surface area contributed by atoms with Crippen molar-refractivity contribution in [1.29, 1.82) is 0 Å². The lowest BCUT2D eigenvalue weighted by molar-refractivity contribution is -0.379. The second-order valence-electron chi connectivity index (χ2n) is 15.4. The van der Waals surface area contributed by atoms with Crippen molar-refractivity contribution >= 4 is 5.91 Å². The lowest BCUT2D eigenvalue weighted by Gasteiger charge is -2.48. The van der Waals surface area contributed by atoms with Crippen molar-refractivity contribution in [3.63, 3.8) is 0 Å². The standard InChI is InChI=1S/C41H71NO18/c1-3-5-7-9-10-11-12-13-14-15-16-18-25(46)24(42-29(47)19-17-8-6-4-2)23-55-39-35(53)32(50)37(27(21-44)57-39)60-41-36(54)33(51)38(28(22-45)58-41)59-40-34(52)31(49)30(48)26(20-43)56-40/h7,9,12-13,16,18,24-28,30-41,43-46,48-54H,3-6,8,10-11,14-15,17,19-23H2,1-2H3,(H,42,47)/b9-7+,13-12+,18-16+. The summed E-state index contributed by atoms with van der Waals surface area (Å²) >= 11 is 0. The predicted molar refractivity (Wildman–Crippen MR) is 212 cm³/mol. The summed E-state index contributed by atoms with van der Waals surface area (Å²) in [5.41, 5.74) is 0. The van der Waals surface area contributed by atoms with Crippen LogP contribution in [0.1, 0.15) is 84.5 Å². The number of rotatable bonds is 26. The molecule has 3 aliphatic heterocycles. The van der Waals surface area contributed by atoms with E-state index in [1.165, 1.54) is 0 Å². The van der Waals surface area contributed by atoms with E-state index in [0.717, 1.165) is 51.4 Å². The van der Waals surface area contributed by atoms with E-state index in [9.17, 15) is 61.0 Å². The first-order valence-electron chi connectivity index (χ1n) is 21.2. The molecule has 3 aliphatic rings. The normalized spacial score (nSPS) is 36.3. The number of nitrogens with one attached hydrogen (secondary N) is 1. The third kappa shape index (κ3) is 15.7. The molecule has 3 saturated heterocycles. The molecule has 0 radical (unpaired) electrons. The van der Waals surface area contributed by atoms with Crippen LogP contribution in [0.15, 0.2) is 36.5 Å². The molecule has 0 aromatic rings. The maximum atomic E-state index is 12.9. The van der Waals surface area contributed by atoms with Gasteiger partial charge in [0.2, 0.25) is 5.91 Å². The molecular weight excluding hydrogens is 794 g/mol. The molecule has 19 nitrogen and oxygen atoms in total. The SMILES string of the molecule is CCC/C=C/CC/C=C/CC/C=C/C(O)C(COC1OC(CO)C(OC2OC(CO)C(OC3OC(CO)C(O)C(O)C3O)C(O)C2O)C(O)C1O)NC(=O)CCCCCC. The lowest BCUT2D eigenvalue weighted by atomic mass is 9.96. The molecular formula is C41H71NO18. The van der Waals surface area contributed by atoms with E-state index in [1.54, 1.807) is 12.2 Å². The van der Waals surface area contributed by atoms with E-state index in [0.29, 0.717) is 12.8 Å². The van der Waals surface area contributed by atoms with Gasteiger partial charge in [0.25, 0.3) is 0 Å². The number of carbonyl (C=O) groups excluding carboxylic acids is 1. The van der Waals surface area contributed by atoms with Crippen LogP contribution in [0.25, 0.3) is 0 Å². The van der Waals surface area contributed by atoms with Gasteiger partial charge in [-0.3, -0.25) is 4.79 Å². The second-order valence-corrected chi connectivity index (χ2v) is 15.4. The Morgan fingerprint density at radius 1 is 0.583 bits per heavy atom. The van der Waals surface area contributed by atoms with E-state index in [1.807, 2.05) is 0 Å². The fourth-order valence-corrected chi connectivity index (χ4v) is 6.99. The number of amides is 1. The Labute approximate surface area is 351 Å². The maximum Gasteiger partial charge on any atom is 0.220 e. The van der Waals surface area contributed by atoms with Gasteiger partial charge in [0.15, 0.2) is 18.9 Å². The average molecular weight is 866 g/mol. The highest BCUT2D eigenvalue weighted by molar-refractivity contribution is 5.76. The molecule has 0 aliphatic carbocycles. The summed E-state index contributed by atoms with van der Waals surface area (Å²) in [6.45, 7) is 1.39. The molecule has 17 atom stereocenters. The molecule has 3 rings (SSSR count). The van der Waals surface area contributed by atoms with Gasteiger partial charge in [-0.05, 0) is 38.5 Å². The summed E-state index contributed by atoms with van der Waals surface area (Å²) in [6, 6.07) is -0.985. The van der Waals surface area contributed by atoms with Gasteiger partial charge in [-0.2, -0.15) is 0 Å². The average Bonchev–Trinajstić information content (AvgIpc) is 3.24. The van der Waals surface area contributed by atoms with Gasteiger partial charge in [0.1, 0.15) is 73.2 Å². The third-order valence-electron chi connectivity index (χ3n) is 10.7. The largest absolute Gasteiger partial charge is 0.394 e. The van der Waals surface area contributed by atoms with Crippen molar-refractivity contribution in [1.82, 2.24) is 5.32 Å². The summed E-state index contributed by atoms with van der Waals surface area (Å²) in [6.07, 6.45) is -5.84. The number of hydrogen-bond donors (Lipinski definition) is 12. The van der Waals surface area contributed by atoms with Gasteiger partial charge in [0, 0.05) is 6.42 Å². The van der Waals surface area contributed by atoms with Gasteiger partial charge in [0.05, 0.1) is 38.6 Å². The minimum absolute atomic E-state index is 0.222. The van der Waals surface area contributed by atoms with E-state index < -0.39 is 124 Å². The monoisotopic (exact) mass is 865 g/mol.